The number of benzene rings is 2. The molecule has 0 amide bonds. The van der Waals surface area contributed by atoms with Gasteiger partial charge in [-0.1, -0.05) is 13.8 Å². The minimum atomic E-state index is -1.58. The Bertz CT molecular complexity index is 1800. The Labute approximate surface area is 305 Å². The molecule has 0 saturated heterocycles. The van der Waals surface area contributed by atoms with E-state index in [1.54, 1.807) is 13.2 Å². The van der Waals surface area contributed by atoms with E-state index in [0.717, 1.165) is 44.2 Å². The minimum Gasteiger partial charge on any atom is -0.495 e. The number of ether oxygens (including phenoxy) is 2. The summed E-state index contributed by atoms with van der Waals surface area (Å²) < 4.78 is 25.0. The van der Waals surface area contributed by atoms with Crippen LogP contribution in [-0.4, -0.2) is 75.4 Å². The fraction of sp³-hybridized carbons (Fsp3) is 0.579. The average molecular weight is 772 g/mol. The van der Waals surface area contributed by atoms with Crippen LogP contribution in [-0.2, 0) is 9.59 Å². The van der Waals surface area contributed by atoms with Crippen molar-refractivity contribution in [1.29, 1.82) is 0 Å². The summed E-state index contributed by atoms with van der Waals surface area (Å²) in [7, 11) is 1.58. The first-order valence-electron chi connectivity index (χ1n) is 17.8. The molecule has 3 aromatic rings. The van der Waals surface area contributed by atoms with Crippen LogP contribution in [0.15, 0.2) is 41.1 Å². The number of aliphatic hydroxyl groups excluding tert-OH is 2. The number of carbonyl (C=O) groups is 2. The number of nitrogens with zero attached hydrogens (tertiary/aromatic N) is 2. The molecular formula is C38H48BrFN4O7. The molecule has 1 heterocycles. The van der Waals surface area contributed by atoms with Gasteiger partial charge in [0.1, 0.15) is 41.6 Å². The first-order valence-corrected chi connectivity index (χ1v) is 18.6. The van der Waals surface area contributed by atoms with Crippen molar-refractivity contribution in [2.45, 2.75) is 76.9 Å². The van der Waals surface area contributed by atoms with Gasteiger partial charge in [0.05, 0.1) is 34.3 Å². The van der Waals surface area contributed by atoms with Crippen LogP contribution in [0.3, 0.4) is 0 Å². The Balaban J connectivity index is 0.000000176. The van der Waals surface area contributed by atoms with E-state index < -0.39 is 23.4 Å². The predicted molar refractivity (Wildman–Crippen MR) is 193 cm³/mol. The van der Waals surface area contributed by atoms with Gasteiger partial charge in [-0.3, -0.25) is 9.59 Å². The summed E-state index contributed by atoms with van der Waals surface area (Å²) in [5.74, 6) is 1.44. The molecule has 8 atom stereocenters. The maximum atomic E-state index is 13.4. The lowest BCUT2D eigenvalue weighted by Crippen LogP contribution is -2.62. The van der Waals surface area contributed by atoms with Crippen LogP contribution in [0.4, 0.5) is 10.1 Å². The van der Waals surface area contributed by atoms with Gasteiger partial charge >= 0.3 is 0 Å². The molecule has 0 unspecified atom stereocenters. The van der Waals surface area contributed by atoms with Gasteiger partial charge in [0.15, 0.2) is 5.78 Å². The lowest BCUT2D eigenvalue weighted by Gasteiger charge is -2.60. The van der Waals surface area contributed by atoms with E-state index in [1.807, 2.05) is 13.0 Å². The summed E-state index contributed by atoms with van der Waals surface area (Å²) in [6.07, 6.45) is 6.88. The van der Waals surface area contributed by atoms with Crippen molar-refractivity contribution in [3.8, 4) is 17.4 Å². The van der Waals surface area contributed by atoms with Crippen molar-refractivity contribution in [1.82, 2.24) is 9.97 Å². The molecule has 51 heavy (non-hydrogen) atoms. The number of nitrogens with two attached hydrogens (primary N) is 1. The lowest BCUT2D eigenvalue weighted by atomic mass is 9.44. The highest BCUT2D eigenvalue weighted by atomic mass is 79.9. The van der Waals surface area contributed by atoms with Crippen molar-refractivity contribution in [3.63, 3.8) is 0 Å². The number of Topliss-reactive ketones (excluding diaryl/α,β-unsaturated/α-hetero) is 2. The van der Waals surface area contributed by atoms with E-state index in [9.17, 15) is 29.3 Å². The van der Waals surface area contributed by atoms with Crippen LogP contribution in [0, 0.1) is 40.3 Å². The van der Waals surface area contributed by atoms with Crippen molar-refractivity contribution >= 4 is 44.1 Å². The van der Waals surface area contributed by atoms with Crippen LogP contribution in [0.1, 0.15) is 65.2 Å². The maximum absolute atomic E-state index is 13.4. The van der Waals surface area contributed by atoms with E-state index in [1.165, 1.54) is 24.5 Å². The van der Waals surface area contributed by atoms with E-state index in [-0.39, 0.29) is 47.3 Å². The molecule has 0 spiro atoms. The molecule has 1 aromatic heterocycles. The number of anilines is 1. The fourth-order valence-corrected chi connectivity index (χ4v) is 10.4. The number of carbonyl (C=O) groups excluding carboxylic acids is 2. The Kier molecular flexibility index (Phi) is 10.8. The molecule has 13 heteroatoms. The Morgan fingerprint density at radius 2 is 1.90 bits per heavy atom. The van der Waals surface area contributed by atoms with Crippen molar-refractivity contribution < 1.29 is 38.8 Å². The fourth-order valence-electron chi connectivity index (χ4n) is 9.96. The van der Waals surface area contributed by atoms with E-state index in [4.69, 9.17) is 15.2 Å². The summed E-state index contributed by atoms with van der Waals surface area (Å²) in [6, 6.07) is 7.81. The van der Waals surface area contributed by atoms with Gasteiger partial charge < -0.3 is 35.8 Å². The van der Waals surface area contributed by atoms with Crippen LogP contribution in [0.25, 0.3) is 10.9 Å². The van der Waals surface area contributed by atoms with Gasteiger partial charge in [0.25, 0.3) is 0 Å². The number of halogens is 2. The number of rotatable bonds is 8. The van der Waals surface area contributed by atoms with Crippen LogP contribution < -0.4 is 20.5 Å². The van der Waals surface area contributed by atoms with Crippen LogP contribution in [0.5, 0.6) is 17.4 Å². The quantitative estimate of drug-likeness (QED) is 0.194. The molecule has 6 N–H and O–H groups in total. The predicted octanol–water partition coefficient (Wildman–Crippen LogP) is 5.56. The van der Waals surface area contributed by atoms with Crippen LogP contribution in [0.2, 0.25) is 0 Å². The van der Waals surface area contributed by atoms with Crippen molar-refractivity contribution in [2.75, 3.05) is 32.1 Å². The van der Waals surface area contributed by atoms with Gasteiger partial charge in [-0.15, -0.1) is 0 Å². The van der Waals surface area contributed by atoms with E-state index >= 15 is 0 Å². The second kappa shape index (κ2) is 14.7. The van der Waals surface area contributed by atoms with Gasteiger partial charge in [0, 0.05) is 30.8 Å². The summed E-state index contributed by atoms with van der Waals surface area (Å²) in [5.41, 5.74) is 4.60. The van der Waals surface area contributed by atoms with E-state index in [2.05, 4.69) is 38.1 Å². The topological polar surface area (TPSA) is 177 Å². The van der Waals surface area contributed by atoms with Gasteiger partial charge in [-0.05, 0) is 114 Å². The Morgan fingerprint density at radius 3 is 2.61 bits per heavy atom. The molecule has 0 radical (unpaired) electrons. The maximum Gasteiger partial charge on any atom is 0.230 e. The molecular weight excluding hydrogens is 723 g/mol. The normalized spacial score (nSPS) is 32.6. The Morgan fingerprint density at radius 1 is 1.12 bits per heavy atom. The molecule has 0 bridgehead atoms. The number of ketones is 2. The number of fused-ring (bicyclic) bond motifs is 6. The first kappa shape index (κ1) is 37.5. The van der Waals surface area contributed by atoms with E-state index in [0.29, 0.717) is 58.2 Å². The zero-order valence-electron chi connectivity index (χ0n) is 29.3. The molecule has 4 aliphatic rings. The van der Waals surface area contributed by atoms with Crippen molar-refractivity contribution in [3.05, 3.63) is 46.9 Å². The smallest absolute Gasteiger partial charge is 0.230 e. The number of aromatic nitrogens is 2. The molecule has 7 rings (SSSR count). The SMILES string of the molecule is COc1cc2c(Oc3ccc(F)cc3Br)ncnc2cc1NCCN.C[C@]12CC[C@@H](O)C[C@H]1CC[C@@H]1[C@@H]2C(=O)C[C@@]2(C)[C@H]1CC[C@]2(O)C(=O)CO. The largest absolute Gasteiger partial charge is 0.495 e. The number of hydrogen-bond donors (Lipinski definition) is 5. The zero-order valence-corrected chi connectivity index (χ0v) is 30.9. The van der Waals surface area contributed by atoms with Gasteiger partial charge in [0.2, 0.25) is 5.88 Å². The number of nitrogens with one attached hydrogen (secondary N) is 1. The summed E-state index contributed by atoms with van der Waals surface area (Å²) >= 11 is 3.28. The highest BCUT2D eigenvalue weighted by molar-refractivity contribution is 9.10. The van der Waals surface area contributed by atoms with Gasteiger partial charge in [-0.25, -0.2) is 14.4 Å². The molecule has 4 saturated carbocycles. The third-order valence-electron chi connectivity index (χ3n) is 12.6. The molecule has 0 aliphatic heterocycles. The molecule has 2 aromatic carbocycles. The monoisotopic (exact) mass is 770 g/mol. The first-order chi connectivity index (χ1) is 24.3. The van der Waals surface area contributed by atoms with Gasteiger partial charge in [-0.2, -0.15) is 0 Å². The summed E-state index contributed by atoms with van der Waals surface area (Å²) in [4.78, 5) is 34.2. The lowest BCUT2D eigenvalue weighted by molar-refractivity contribution is -0.180. The van der Waals surface area contributed by atoms with Crippen molar-refractivity contribution in [2.24, 2.45) is 40.2 Å². The molecule has 4 fully saturated rings. The molecule has 276 valence electrons. The zero-order chi connectivity index (χ0) is 36.7. The minimum absolute atomic E-state index is 0.0154. The second-order valence-electron chi connectivity index (χ2n) is 15.1. The van der Waals surface area contributed by atoms with Crippen LogP contribution >= 0.6 is 15.9 Å². The number of methoxy groups -OCH3 is 1. The second-order valence-corrected chi connectivity index (χ2v) is 16.0. The molecule has 11 nitrogen and oxygen atoms in total. The highest BCUT2D eigenvalue weighted by Crippen LogP contribution is 2.67. The highest BCUT2D eigenvalue weighted by Gasteiger charge is 2.68. The molecule has 4 aliphatic carbocycles. The Hall–Kier alpha value is -3.23. The summed E-state index contributed by atoms with van der Waals surface area (Å²) in [5, 5.41) is 34.5. The third kappa shape index (κ3) is 6.65. The number of aliphatic hydroxyl groups is 3. The number of hydrogen-bond acceptors (Lipinski definition) is 11. The summed E-state index contributed by atoms with van der Waals surface area (Å²) in [6.45, 7) is 4.57. The third-order valence-corrected chi connectivity index (χ3v) is 13.2. The standard InChI is InChI=1S/C21H32O5.C17H16BrFN4O2/c1-19-7-5-13(23)9-12(19)3-4-14-15-6-8-21(26,17(25)11-22)20(15,2)10-16(24)18(14)19;1-24-16-7-11-13(8-14(16)21-5-4-20)22-9-23-17(11)25-15-3-2-10(19)6-12(15)18/h12-15,18,22-23,26H,3-11H2,1-2H3;2-3,6-9,21H,4-5,20H2,1H3/t12-,13-,14+,15+,18-,19+,20+,21+;/m1./s1. The average Bonchev–Trinajstić information content (AvgIpc) is 3.38.